The minimum Gasteiger partial charge on any atom is -0.497 e. The molecule has 140 valence electrons. The lowest BCUT2D eigenvalue weighted by atomic mass is 10.1. The Morgan fingerprint density at radius 3 is 2.29 bits per heavy atom. The summed E-state index contributed by atoms with van der Waals surface area (Å²) in [6.45, 7) is 0.329. The number of carbonyl (C=O) groups excluding carboxylic acids is 1. The highest BCUT2D eigenvalue weighted by Crippen LogP contribution is 2.17. The van der Waals surface area contributed by atoms with Crippen LogP contribution in [0.5, 0.6) is 5.75 Å². The van der Waals surface area contributed by atoms with E-state index in [-0.39, 0.29) is 6.04 Å². The van der Waals surface area contributed by atoms with Crippen molar-refractivity contribution in [1.29, 1.82) is 0 Å². The molecule has 1 aromatic heterocycles. The van der Waals surface area contributed by atoms with Crippen molar-refractivity contribution in [1.82, 2.24) is 10.3 Å². The van der Waals surface area contributed by atoms with Crippen LogP contribution < -0.4 is 10.1 Å². The maximum Gasteiger partial charge on any atom is 0.407 e. The van der Waals surface area contributed by atoms with Crippen molar-refractivity contribution in [3.63, 3.8) is 0 Å². The Balaban J connectivity index is 0.000000236. The molecule has 0 spiro atoms. The highest BCUT2D eigenvalue weighted by molar-refractivity contribution is 5.70. The van der Waals surface area contributed by atoms with Crippen molar-refractivity contribution < 1.29 is 14.3 Å². The maximum absolute atomic E-state index is 11.0. The Morgan fingerprint density at radius 2 is 1.68 bits per heavy atom. The van der Waals surface area contributed by atoms with Crippen LogP contribution in [-0.2, 0) is 4.74 Å². The van der Waals surface area contributed by atoms with Crippen LogP contribution in [0.2, 0.25) is 0 Å². The van der Waals surface area contributed by atoms with Gasteiger partial charge in [-0.15, -0.1) is 0 Å². The number of pyridine rings is 1. The summed E-state index contributed by atoms with van der Waals surface area (Å²) in [7, 11) is 1.66. The van der Waals surface area contributed by atoms with Crippen LogP contribution in [0.25, 0.3) is 0 Å². The van der Waals surface area contributed by atoms with E-state index < -0.39 is 6.09 Å². The topological polar surface area (TPSA) is 60.5 Å². The van der Waals surface area contributed by atoms with Crippen LogP contribution in [0.4, 0.5) is 4.79 Å². The standard InChI is InChI=1S/C16H12N2O2.C7H8O/c19-16-18-15(11-20-16)14-8-13(9-17-10-14)7-6-12-4-2-1-3-5-12;1-8-7-5-3-2-4-6-7/h1-5,8-10,15H,11H2,(H,18,19);2-6H,1H3/t15-;/m0./s1. The first-order chi connectivity index (χ1) is 13.7. The van der Waals surface area contributed by atoms with Gasteiger partial charge in [-0.3, -0.25) is 4.98 Å². The molecule has 1 amide bonds. The SMILES string of the molecule is COc1ccccc1.O=C1N[C@H](c2cncc(C#Cc3ccccc3)c2)CO1. The smallest absolute Gasteiger partial charge is 0.407 e. The number of aromatic nitrogens is 1. The molecule has 1 aliphatic rings. The van der Waals surface area contributed by atoms with Gasteiger partial charge in [0.25, 0.3) is 0 Å². The summed E-state index contributed by atoms with van der Waals surface area (Å²) in [5.74, 6) is 7.06. The number of carbonyl (C=O) groups is 1. The molecule has 1 N–H and O–H groups in total. The van der Waals surface area contributed by atoms with Gasteiger partial charge in [-0.2, -0.15) is 0 Å². The summed E-state index contributed by atoms with van der Waals surface area (Å²) in [5, 5.41) is 2.72. The van der Waals surface area contributed by atoms with Crippen molar-refractivity contribution in [2.75, 3.05) is 13.7 Å². The number of hydrogen-bond donors (Lipinski definition) is 1. The number of benzene rings is 2. The largest absolute Gasteiger partial charge is 0.497 e. The Hall–Kier alpha value is -3.78. The van der Waals surface area contributed by atoms with Crippen molar-refractivity contribution in [2.45, 2.75) is 6.04 Å². The zero-order chi connectivity index (χ0) is 19.6. The van der Waals surface area contributed by atoms with Crippen LogP contribution in [-0.4, -0.2) is 24.8 Å². The van der Waals surface area contributed by atoms with Crippen molar-refractivity contribution in [3.05, 3.63) is 95.8 Å². The third-order valence-corrected chi connectivity index (χ3v) is 3.94. The molecule has 0 aliphatic carbocycles. The number of nitrogens with zero attached hydrogens (tertiary/aromatic N) is 1. The number of cyclic esters (lactones) is 1. The lowest BCUT2D eigenvalue weighted by Gasteiger charge is -2.06. The highest BCUT2D eigenvalue weighted by Gasteiger charge is 2.23. The van der Waals surface area contributed by atoms with Crippen LogP contribution >= 0.6 is 0 Å². The van der Waals surface area contributed by atoms with Gasteiger partial charge in [-0.1, -0.05) is 48.2 Å². The molecule has 2 heterocycles. The summed E-state index contributed by atoms with van der Waals surface area (Å²) in [5.41, 5.74) is 2.67. The van der Waals surface area contributed by atoms with Gasteiger partial charge >= 0.3 is 6.09 Å². The first kappa shape index (κ1) is 19.0. The number of hydrogen-bond acceptors (Lipinski definition) is 4. The van der Waals surface area contributed by atoms with E-state index in [0.29, 0.717) is 6.61 Å². The first-order valence-electron chi connectivity index (χ1n) is 8.79. The van der Waals surface area contributed by atoms with Crippen molar-refractivity contribution in [3.8, 4) is 17.6 Å². The number of amides is 1. The molecule has 0 unspecified atom stereocenters. The van der Waals surface area contributed by atoms with Crippen LogP contribution in [0.15, 0.2) is 79.1 Å². The predicted molar refractivity (Wildman–Crippen MR) is 107 cm³/mol. The van der Waals surface area contributed by atoms with Gasteiger partial charge in [0, 0.05) is 23.5 Å². The Morgan fingerprint density at radius 1 is 1.00 bits per heavy atom. The molecule has 5 heteroatoms. The summed E-state index contributed by atoms with van der Waals surface area (Å²) < 4.78 is 9.79. The predicted octanol–water partition coefficient (Wildman–Crippen LogP) is 3.96. The van der Waals surface area contributed by atoms with Gasteiger partial charge in [-0.05, 0) is 35.9 Å². The zero-order valence-corrected chi connectivity index (χ0v) is 15.5. The molecular weight excluding hydrogens is 352 g/mol. The summed E-state index contributed by atoms with van der Waals surface area (Å²) in [4.78, 5) is 15.2. The summed E-state index contributed by atoms with van der Waals surface area (Å²) in [6.07, 6.45) is 3.03. The third kappa shape index (κ3) is 5.61. The van der Waals surface area contributed by atoms with Gasteiger partial charge in [0.05, 0.1) is 13.2 Å². The molecule has 0 radical (unpaired) electrons. The minimum absolute atomic E-state index is 0.145. The minimum atomic E-state index is -0.393. The van der Waals surface area contributed by atoms with E-state index in [4.69, 9.17) is 9.47 Å². The van der Waals surface area contributed by atoms with Crippen molar-refractivity contribution in [2.24, 2.45) is 0 Å². The molecule has 28 heavy (non-hydrogen) atoms. The number of alkyl carbamates (subject to hydrolysis) is 1. The molecule has 1 aliphatic heterocycles. The molecule has 0 saturated carbocycles. The van der Waals surface area contributed by atoms with Crippen LogP contribution in [0, 0.1) is 11.8 Å². The Bertz CT molecular complexity index is 963. The van der Waals surface area contributed by atoms with Gasteiger partial charge in [0.1, 0.15) is 12.4 Å². The normalized spacial score (nSPS) is 14.5. The van der Waals surface area contributed by atoms with Gasteiger partial charge in [-0.25, -0.2) is 4.79 Å². The van der Waals surface area contributed by atoms with Gasteiger partial charge < -0.3 is 14.8 Å². The lowest BCUT2D eigenvalue weighted by molar-refractivity contribution is 0.177. The number of rotatable bonds is 2. The van der Waals surface area contributed by atoms with E-state index in [0.717, 1.165) is 22.4 Å². The molecule has 1 fully saturated rings. The second kappa shape index (κ2) is 9.79. The molecule has 4 rings (SSSR count). The van der Waals surface area contributed by atoms with Crippen LogP contribution in [0.1, 0.15) is 22.7 Å². The molecule has 0 bridgehead atoms. The molecular formula is C23H20N2O3. The van der Waals surface area contributed by atoms with E-state index in [2.05, 4.69) is 22.1 Å². The maximum atomic E-state index is 11.0. The average Bonchev–Trinajstić information content (AvgIpc) is 3.21. The molecule has 1 saturated heterocycles. The fourth-order valence-electron chi connectivity index (χ4n) is 2.50. The molecule has 1 atom stereocenters. The highest BCUT2D eigenvalue weighted by atomic mass is 16.6. The van der Waals surface area contributed by atoms with E-state index in [9.17, 15) is 4.79 Å². The van der Waals surface area contributed by atoms with Gasteiger partial charge in [0.15, 0.2) is 0 Å². The second-order valence-electron chi connectivity index (χ2n) is 5.94. The lowest BCUT2D eigenvalue weighted by Crippen LogP contribution is -2.18. The van der Waals surface area contributed by atoms with Crippen molar-refractivity contribution >= 4 is 6.09 Å². The Labute approximate surface area is 164 Å². The average molecular weight is 372 g/mol. The van der Waals surface area contributed by atoms with E-state index in [1.165, 1.54) is 0 Å². The number of methoxy groups -OCH3 is 1. The number of ether oxygens (including phenoxy) is 2. The molecule has 2 aromatic carbocycles. The van der Waals surface area contributed by atoms with Gasteiger partial charge in [0.2, 0.25) is 0 Å². The zero-order valence-electron chi connectivity index (χ0n) is 15.5. The number of nitrogens with one attached hydrogen (secondary N) is 1. The molecule has 3 aromatic rings. The summed E-state index contributed by atoms with van der Waals surface area (Å²) in [6, 6.07) is 21.2. The quantitative estimate of drug-likeness (QED) is 0.692. The van der Waals surface area contributed by atoms with E-state index in [1.807, 2.05) is 66.7 Å². The molecule has 5 nitrogen and oxygen atoms in total. The second-order valence-corrected chi connectivity index (χ2v) is 5.94. The number of para-hydroxylation sites is 1. The monoisotopic (exact) mass is 372 g/mol. The third-order valence-electron chi connectivity index (χ3n) is 3.94. The van der Waals surface area contributed by atoms with Crippen LogP contribution in [0.3, 0.4) is 0 Å². The van der Waals surface area contributed by atoms with E-state index in [1.54, 1.807) is 19.5 Å². The first-order valence-corrected chi connectivity index (χ1v) is 8.79. The fourth-order valence-corrected chi connectivity index (χ4v) is 2.50. The fraction of sp³-hybridized carbons (Fsp3) is 0.130. The van der Waals surface area contributed by atoms with E-state index >= 15 is 0 Å². The summed E-state index contributed by atoms with van der Waals surface area (Å²) >= 11 is 0. The Kier molecular flexibility index (Phi) is 6.64.